The van der Waals surface area contributed by atoms with Crippen LogP contribution in [0.15, 0.2) is 18.2 Å². The molecule has 0 aromatic heterocycles. The molecule has 2 atom stereocenters. The highest BCUT2D eigenvalue weighted by atomic mass is 127. The van der Waals surface area contributed by atoms with E-state index in [4.69, 9.17) is 0 Å². The van der Waals surface area contributed by atoms with Gasteiger partial charge in [-0.3, -0.25) is 9.69 Å². The summed E-state index contributed by atoms with van der Waals surface area (Å²) in [6.07, 6.45) is 3.64. The van der Waals surface area contributed by atoms with Crippen LogP contribution in [0, 0.1) is 10.5 Å². The molecule has 2 aliphatic rings. The summed E-state index contributed by atoms with van der Waals surface area (Å²) >= 11 is 2.30. The van der Waals surface area contributed by atoms with E-state index >= 15 is 0 Å². The molecule has 0 radical (unpaired) electrons. The summed E-state index contributed by atoms with van der Waals surface area (Å²) in [5.41, 5.74) is 2.05. The van der Waals surface area contributed by atoms with Crippen molar-refractivity contribution < 1.29 is 4.79 Å². The van der Waals surface area contributed by atoms with Gasteiger partial charge in [-0.05, 0) is 67.5 Å². The van der Waals surface area contributed by atoms with Gasteiger partial charge in [0.2, 0.25) is 0 Å². The Balaban J connectivity index is 1.82. The summed E-state index contributed by atoms with van der Waals surface area (Å²) in [6, 6.07) is 7.24. The van der Waals surface area contributed by atoms with Crippen molar-refractivity contribution in [3.8, 4) is 0 Å². The summed E-state index contributed by atoms with van der Waals surface area (Å²) in [5.74, 6) is 0.207. The SMILES string of the molecule is Cc1cccc(C(=O)N2CCC3CCC(C2)N3C)c1I. The predicted octanol–water partition coefficient (Wildman–Crippen LogP) is 2.91. The Morgan fingerprint density at radius 2 is 2.00 bits per heavy atom. The molecule has 0 aliphatic carbocycles. The first-order chi connectivity index (χ1) is 9.58. The number of likely N-dealkylation sites (N-methyl/N-ethyl adjacent to an activating group) is 1. The van der Waals surface area contributed by atoms with Crippen LogP contribution in [-0.2, 0) is 0 Å². The van der Waals surface area contributed by atoms with E-state index in [2.05, 4.69) is 52.4 Å². The van der Waals surface area contributed by atoms with E-state index in [1.165, 1.54) is 18.4 Å². The molecule has 2 aliphatic heterocycles. The third kappa shape index (κ3) is 2.48. The summed E-state index contributed by atoms with van der Waals surface area (Å²) in [5, 5.41) is 0. The van der Waals surface area contributed by atoms with Gasteiger partial charge in [0, 0.05) is 28.7 Å². The lowest BCUT2D eigenvalue weighted by atomic mass is 10.1. The van der Waals surface area contributed by atoms with E-state index in [9.17, 15) is 4.79 Å². The zero-order valence-electron chi connectivity index (χ0n) is 12.1. The molecule has 3 rings (SSSR count). The van der Waals surface area contributed by atoms with Gasteiger partial charge in [0.15, 0.2) is 0 Å². The molecule has 1 amide bonds. The number of aryl methyl sites for hydroxylation is 1. The van der Waals surface area contributed by atoms with Crippen LogP contribution in [0.3, 0.4) is 0 Å². The van der Waals surface area contributed by atoms with Crippen molar-refractivity contribution in [3.63, 3.8) is 0 Å². The van der Waals surface area contributed by atoms with E-state index in [1.54, 1.807) is 0 Å². The van der Waals surface area contributed by atoms with Gasteiger partial charge in [0.1, 0.15) is 0 Å². The Labute approximate surface area is 134 Å². The van der Waals surface area contributed by atoms with E-state index < -0.39 is 0 Å². The predicted molar refractivity (Wildman–Crippen MR) is 89.0 cm³/mol. The first kappa shape index (κ1) is 14.3. The van der Waals surface area contributed by atoms with Gasteiger partial charge in [0.05, 0.1) is 5.56 Å². The fourth-order valence-electron chi connectivity index (χ4n) is 3.48. The van der Waals surface area contributed by atoms with Crippen molar-refractivity contribution in [1.29, 1.82) is 0 Å². The molecule has 4 heteroatoms. The minimum absolute atomic E-state index is 0.207. The molecule has 20 heavy (non-hydrogen) atoms. The van der Waals surface area contributed by atoms with Crippen molar-refractivity contribution in [1.82, 2.24) is 9.80 Å². The summed E-state index contributed by atoms with van der Waals surface area (Å²) in [4.78, 5) is 17.4. The molecule has 0 saturated carbocycles. The molecule has 1 aromatic carbocycles. The molecule has 3 nitrogen and oxygen atoms in total. The van der Waals surface area contributed by atoms with Gasteiger partial charge in [-0.15, -0.1) is 0 Å². The summed E-state index contributed by atoms with van der Waals surface area (Å²) in [6.45, 7) is 3.85. The molecule has 108 valence electrons. The first-order valence-electron chi connectivity index (χ1n) is 7.34. The number of carbonyl (C=O) groups is 1. The van der Waals surface area contributed by atoms with Crippen LogP contribution in [0.25, 0.3) is 0 Å². The minimum Gasteiger partial charge on any atom is -0.337 e. The second-order valence-corrected chi connectivity index (χ2v) is 7.11. The zero-order valence-corrected chi connectivity index (χ0v) is 14.3. The number of hydrogen-bond donors (Lipinski definition) is 0. The number of amides is 1. The molecule has 1 aromatic rings. The molecule has 0 spiro atoms. The number of carbonyl (C=O) groups excluding carboxylic acids is 1. The smallest absolute Gasteiger partial charge is 0.254 e. The number of rotatable bonds is 1. The second kappa shape index (κ2) is 5.64. The lowest BCUT2D eigenvalue weighted by molar-refractivity contribution is 0.0739. The Morgan fingerprint density at radius 1 is 1.25 bits per heavy atom. The number of halogens is 1. The number of nitrogens with zero attached hydrogens (tertiary/aromatic N) is 2. The van der Waals surface area contributed by atoms with Crippen LogP contribution in [0.5, 0.6) is 0 Å². The Morgan fingerprint density at radius 3 is 2.80 bits per heavy atom. The summed E-state index contributed by atoms with van der Waals surface area (Å²) < 4.78 is 1.10. The van der Waals surface area contributed by atoms with Gasteiger partial charge >= 0.3 is 0 Å². The Kier molecular flexibility index (Phi) is 4.04. The van der Waals surface area contributed by atoms with Gasteiger partial charge < -0.3 is 4.90 Å². The third-order valence-electron chi connectivity index (χ3n) is 4.86. The van der Waals surface area contributed by atoms with Gasteiger partial charge in [-0.2, -0.15) is 0 Å². The van der Waals surface area contributed by atoms with Crippen molar-refractivity contribution in [3.05, 3.63) is 32.9 Å². The highest BCUT2D eigenvalue weighted by molar-refractivity contribution is 14.1. The average molecular weight is 384 g/mol. The number of benzene rings is 1. The van der Waals surface area contributed by atoms with E-state index in [0.29, 0.717) is 12.1 Å². The Bertz CT molecular complexity index is 531. The van der Waals surface area contributed by atoms with Crippen LogP contribution in [0.2, 0.25) is 0 Å². The maximum atomic E-state index is 12.8. The first-order valence-corrected chi connectivity index (χ1v) is 8.42. The summed E-state index contributed by atoms with van der Waals surface area (Å²) in [7, 11) is 2.22. The highest BCUT2D eigenvalue weighted by Crippen LogP contribution is 2.29. The maximum Gasteiger partial charge on any atom is 0.254 e. The molecule has 2 saturated heterocycles. The quantitative estimate of drug-likeness (QED) is 0.696. The molecular weight excluding hydrogens is 363 g/mol. The molecule has 2 bridgehead atoms. The van der Waals surface area contributed by atoms with Crippen molar-refractivity contribution in [2.45, 2.75) is 38.3 Å². The molecule has 2 unspecified atom stereocenters. The van der Waals surface area contributed by atoms with Crippen molar-refractivity contribution >= 4 is 28.5 Å². The van der Waals surface area contributed by atoms with Gasteiger partial charge in [0.25, 0.3) is 5.91 Å². The van der Waals surface area contributed by atoms with Crippen LogP contribution in [0.1, 0.15) is 35.2 Å². The van der Waals surface area contributed by atoms with E-state index in [0.717, 1.165) is 28.6 Å². The fraction of sp³-hybridized carbons (Fsp3) is 0.562. The number of likely N-dealkylation sites (tertiary alicyclic amines) is 1. The van der Waals surface area contributed by atoms with Crippen LogP contribution >= 0.6 is 22.6 Å². The average Bonchev–Trinajstić information content (AvgIpc) is 2.66. The fourth-order valence-corrected chi connectivity index (χ4v) is 4.07. The van der Waals surface area contributed by atoms with Gasteiger partial charge in [-0.1, -0.05) is 12.1 Å². The topological polar surface area (TPSA) is 23.6 Å². The monoisotopic (exact) mass is 384 g/mol. The standard InChI is InChI=1S/C16H21IN2O/c1-11-4-3-5-14(15(11)17)16(20)19-9-8-12-6-7-13(10-19)18(12)2/h3-5,12-13H,6-10H2,1-2H3. The lowest BCUT2D eigenvalue weighted by Gasteiger charge is -2.26. The lowest BCUT2D eigenvalue weighted by Crippen LogP contribution is -2.40. The Hall–Kier alpha value is -0.620. The normalized spacial score (nSPS) is 26.6. The third-order valence-corrected chi connectivity index (χ3v) is 6.29. The number of hydrogen-bond acceptors (Lipinski definition) is 2. The van der Waals surface area contributed by atoms with Crippen molar-refractivity contribution in [2.75, 3.05) is 20.1 Å². The second-order valence-electron chi connectivity index (χ2n) is 6.03. The highest BCUT2D eigenvalue weighted by Gasteiger charge is 2.36. The maximum absolute atomic E-state index is 12.8. The number of fused-ring (bicyclic) bond motifs is 2. The van der Waals surface area contributed by atoms with Crippen LogP contribution in [-0.4, -0.2) is 47.9 Å². The van der Waals surface area contributed by atoms with E-state index in [1.807, 2.05) is 12.1 Å². The van der Waals surface area contributed by atoms with Crippen molar-refractivity contribution in [2.24, 2.45) is 0 Å². The van der Waals surface area contributed by atoms with E-state index in [-0.39, 0.29) is 5.91 Å². The van der Waals surface area contributed by atoms with Crippen LogP contribution < -0.4 is 0 Å². The zero-order chi connectivity index (χ0) is 14.3. The minimum atomic E-state index is 0.207. The molecule has 2 fully saturated rings. The van der Waals surface area contributed by atoms with Crippen LogP contribution in [0.4, 0.5) is 0 Å². The van der Waals surface area contributed by atoms with Gasteiger partial charge in [-0.25, -0.2) is 0 Å². The largest absolute Gasteiger partial charge is 0.337 e. The molecule has 2 heterocycles. The molecule has 0 N–H and O–H groups in total. The molecular formula is C16H21IN2O.